The first-order chi connectivity index (χ1) is 29.1. The molecule has 0 aromatic carbocycles. The Labute approximate surface area is 399 Å². The van der Waals surface area contributed by atoms with Crippen LogP contribution in [0.25, 0.3) is 0 Å². The standard InChI is InChI=1S/C13H21N3OS.C13H19NO2S.C10H13BrO2S.C10H15NO2S/c1-13(2,3)10-8-9(16-6-5-7-16)11(18-10)15-12(17)14-4;1-13(2,3)10-8-9(14-6-5-7-14)11(17-10)12(15)16-4;2*1-10(2,3)7-5-6(11)8(14-7)9(12)13-4/h8H,5-7H2,1-4H3,(H2,14,15,17);8H,5-7H2,1-4H3;5H,1-4H3;5H,11H2,1-4H3. The van der Waals surface area contributed by atoms with Gasteiger partial charge in [-0.25, -0.2) is 19.2 Å². The molecule has 0 aliphatic carbocycles. The summed E-state index contributed by atoms with van der Waals surface area (Å²) in [5, 5.41) is 6.49. The second-order valence-electron chi connectivity index (χ2n) is 19.2. The van der Waals surface area contributed by atoms with Crippen molar-refractivity contribution >= 4 is 107 Å². The number of rotatable bonds is 6. The molecule has 4 aromatic rings. The minimum atomic E-state index is -0.358. The molecular weight excluding hydrogens is 943 g/mol. The van der Waals surface area contributed by atoms with Crippen LogP contribution in [0.15, 0.2) is 28.7 Å². The number of carbonyl (C=O) groups is 4. The van der Waals surface area contributed by atoms with Crippen molar-refractivity contribution in [3.63, 3.8) is 0 Å². The maximum absolute atomic E-state index is 11.8. The minimum absolute atomic E-state index is 0.0189. The van der Waals surface area contributed by atoms with Gasteiger partial charge in [0, 0.05) is 57.2 Å². The van der Waals surface area contributed by atoms with E-state index in [-0.39, 0.29) is 45.6 Å². The second-order valence-corrected chi connectivity index (χ2v) is 24.3. The average molecular weight is 1010 g/mol. The fraction of sp³-hybridized carbons (Fsp3) is 0.565. The molecule has 2 aliphatic heterocycles. The van der Waals surface area contributed by atoms with Crippen LogP contribution in [-0.2, 0) is 35.9 Å². The van der Waals surface area contributed by atoms with Crippen LogP contribution in [0.3, 0.4) is 0 Å². The van der Waals surface area contributed by atoms with Crippen molar-refractivity contribution in [2.75, 3.05) is 75.4 Å². The molecule has 63 heavy (non-hydrogen) atoms. The Morgan fingerprint density at radius 3 is 1.33 bits per heavy atom. The highest BCUT2D eigenvalue weighted by atomic mass is 79.9. The molecular formula is C46H68BrN5O7S4. The Hall–Kier alpha value is -3.64. The third kappa shape index (κ3) is 14.7. The van der Waals surface area contributed by atoms with Crippen LogP contribution in [0, 0.1) is 0 Å². The number of amides is 2. The molecule has 350 valence electrons. The first-order valence-electron chi connectivity index (χ1n) is 20.8. The van der Waals surface area contributed by atoms with Crippen molar-refractivity contribution < 1.29 is 33.4 Å². The molecule has 6 heterocycles. The number of esters is 3. The summed E-state index contributed by atoms with van der Waals surface area (Å²) in [5.74, 6) is -0.854. The molecule has 0 bridgehead atoms. The van der Waals surface area contributed by atoms with E-state index in [9.17, 15) is 19.2 Å². The summed E-state index contributed by atoms with van der Waals surface area (Å²) in [6.45, 7) is 30.0. The van der Waals surface area contributed by atoms with Gasteiger partial charge in [-0.3, -0.25) is 5.32 Å². The number of nitrogens with zero attached hydrogens (tertiary/aromatic N) is 2. The molecule has 2 aliphatic rings. The lowest BCUT2D eigenvalue weighted by molar-refractivity contribution is 0.0597. The molecule has 0 atom stereocenters. The zero-order chi connectivity index (χ0) is 47.8. The number of nitrogen functional groups attached to an aromatic ring is 1. The number of hydrogen-bond donors (Lipinski definition) is 3. The maximum Gasteiger partial charge on any atom is 0.350 e. The van der Waals surface area contributed by atoms with Gasteiger partial charge in [0.2, 0.25) is 0 Å². The fourth-order valence-corrected chi connectivity index (χ4v) is 10.7. The van der Waals surface area contributed by atoms with E-state index in [4.69, 9.17) is 10.5 Å². The lowest BCUT2D eigenvalue weighted by Gasteiger charge is -2.33. The summed E-state index contributed by atoms with van der Waals surface area (Å²) in [6.07, 6.45) is 2.45. The van der Waals surface area contributed by atoms with Crippen LogP contribution in [0.4, 0.5) is 26.9 Å². The van der Waals surface area contributed by atoms with Crippen LogP contribution in [0.5, 0.6) is 0 Å². The molecule has 0 radical (unpaired) electrons. The number of ether oxygens (including phenoxy) is 3. The molecule has 2 fully saturated rings. The molecule has 17 heteroatoms. The Morgan fingerprint density at radius 2 is 0.937 bits per heavy atom. The highest BCUT2D eigenvalue weighted by Crippen LogP contribution is 2.43. The SMILES string of the molecule is CNC(=O)Nc1sc(C(C)(C)C)cc1N1CCC1.COC(=O)c1sc(C(C)(C)C)cc1Br.COC(=O)c1sc(C(C)(C)C)cc1N.COC(=O)c1sc(C(C)(C)C)cc1N1CCC1. The molecule has 4 aromatic heterocycles. The zero-order valence-corrected chi connectivity index (χ0v) is 44.7. The van der Waals surface area contributed by atoms with Crippen molar-refractivity contribution in [1.29, 1.82) is 0 Å². The summed E-state index contributed by atoms with van der Waals surface area (Å²) < 4.78 is 15.0. The summed E-state index contributed by atoms with van der Waals surface area (Å²) in [7, 11) is 5.83. The third-order valence-electron chi connectivity index (χ3n) is 9.79. The topological polar surface area (TPSA) is 153 Å². The quantitative estimate of drug-likeness (QED) is 0.126. The number of hydrogen-bond acceptors (Lipinski definition) is 14. The third-order valence-corrected chi connectivity index (χ3v) is 16.8. The zero-order valence-electron chi connectivity index (χ0n) is 39.9. The van der Waals surface area contributed by atoms with Gasteiger partial charge in [-0.05, 0) is 74.7 Å². The second kappa shape index (κ2) is 22.0. The molecule has 0 spiro atoms. The number of methoxy groups -OCH3 is 3. The van der Waals surface area contributed by atoms with E-state index in [1.807, 2.05) is 12.1 Å². The molecule has 0 unspecified atom stereocenters. The highest BCUT2D eigenvalue weighted by Gasteiger charge is 2.29. The molecule has 0 saturated carbocycles. The van der Waals surface area contributed by atoms with Gasteiger partial charge in [0.1, 0.15) is 19.6 Å². The van der Waals surface area contributed by atoms with Gasteiger partial charge in [-0.1, -0.05) is 83.1 Å². The van der Waals surface area contributed by atoms with Crippen molar-refractivity contribution in [1.82, 2.24) is 5.32 Å². The van der Waals surface area contributed by atoms with Crippen LogP contribution in [0.2, 0.25) is 0 Å². The summed E-state index contributed by atoms with van der Waals surface area (Å²) in [4.78, 5) is 57.1. The first kappa shape index (κ1) is 53.7. The van der Waals surface area contributed by atoms with Crippen molar-refractivity contribution in [3.8, 4) is 0 Å². The van der Waals surface area contributed by atoms with Gasteiger partial charge >= 0.3 is 23.9 Å². The van der Waals surface area contributed by atoms with Gasteiger partial charge in [-0.15, -0.1) is 45.3 Å². The molecule has 2 amide bonds. The van der Waals surface area contributed by atoms with Gasteiger partial charge in [0.15, 0.2) is 0 Å². The molecule has 4 N–H and O–H groups in total. The number of nitrogens with two attached hydrogens (primary N) is 1. The predicted molar refractivity (Wildman–Crippen MR) is 270 cm³/mol. The minimum Gasteiger partial charge on any atom is -0.465 e. The lowest BCUT2D eigenvalue weighted by Crippen LogP contribution is -2.37. The number of nitrogens with one attached hydrogen (secondary N) is 2. The van der Waals surface area contributed by atoms with Gasteiger partial charge in [0.05, 0.1) is 38.4 Å². The van der Waals surface area contributed by atoms with Crippen LogP contribution >= 0.6 is 61.3 Å². The van der Waals surface area contributed by atoms with E-state index < -0.39 is 0 Å². The first-order valence-corrected chi connectivity index (χ1v) is 24.8. The summed E-state index contributed by atoms with van der Waals surface area (Å²) >= 11 is 9.47. The Bertz CT molecular complexity index is 2120. The van der Waals surface area contributed by atoms with Gasteiger partial charge in [-0.2, -0.15) is 0 Å². The lowest BCUT2D eigenvalue weighted by atomic mass is 9.94. The monoisotopic (exact) mass is 1010 g/mol. The van der Waals surface area contributed by atoms with E-state index in [1.165, 1.54) is 77.2 Å². The molecule has 2 saturated heterocycles. The van der Waals surface area contributed by atoms with Crippen molar-refractivity contribution in [2.45, 2.75) is 118 Å². The fourth-order valence-electron chi connectivity index (χ4n) is 5.58. The smallest absolute Gasteiger partial charge is 0.350 e. The van der Waals surface area contributed by atoms with E-state index >= 15 is 0 Å². The van der Waals surface area contributed by atoms with Crippen LogP contribution in [-0.4, -0.2) is 78.5 Å². The van der Waals surface area contributed by atoms with Crippen LogP contribution < -0.4 is 26.2 Å². The summed E-state index contributed by atoms with van der Waals surface area (Å²) in [6, 6.07) is 8.04. The highest BCUT2D eigenvalue weighted by molar-refractivity contribution is 9.10. The van der Waals surface area contributed by atoms with E-state index in [2.05, 4.69) is 141 Å². The Morgan fingerprint density at radius 1 is 0.571 bits per heavy atom. The van der Waals surface area contributed by atoms with E-state index in [0.717, 1.165) is 51.1 Å². The number of urea groups is 1. The Balaban J connectivity index is 0.000000225. The molecule has 6 rings (SSSR count). The van der Waals surface area contributed by atoms with E-state index in [0.29, 0.717) is 15.4 Å². The van der Waals surface area contributed by atoms with Crippen LogP contribution in [0.1, 0.15) is 144 Å². The normalized spacial score (nSPS) is 13.7. The largest absolute Gasteiger partial charge is 0.465 e. The summed E-state index contributed by atoms with van der Waals surface area (Å²) in [5.41, 5.74) is 8.74. The van der Waals surface area contributed by atoms with Gasteiger partial charge in [0.25, 0.3) is 0 Å². The predicted octanol–water partition coefficient (Wildman–Crippen LogP) is 12.1. The number of halogens is 1. The van der Waals surface area contributed by atoms with E-state index in [1.54, 1.807) is 29.7 Å². The number of anilines is 4. The number of thiophene rings is 4. The van der Waals surface area contributed by atoms with Crippen molar-refractivity contribution in [2.24, 2.45) is 0 Å². The molecule has 12 nitrogen and oxygen atoms in total. The maximum atomic E-state index is 11.8. The van der Waals surface area contributed by atoms with Gasteiger partial charge < -0.3 is 35.1 Å². The van der Waals surface area contributed by atoms with Crippen molar-refractivity contribution in [3.05, 3.63) is 62.9 Å². The average Bonchev–Trinajstić information content (AvgIpc) is 3.95. The Kier molecular flexibility index (Phi) is 18.8. The number of carbonyl (C=O) groups excluding carboxylic acids is 4.